The summed E-state index contributed by atoms with van der Waals surface area (Å²) in [5.41, 5.74) is 7.11. The maximum absolute atomic E-state index is 8.84. The quantitative estimate of drug-likeness (QED) is 0.230. The number of aryl methyl sites for hydroxylation is 2. The lowest BCUT2D eigenvalue weighted by molar-refractivity contribution is 0.283. The van der Waals surface area contributed by atoms with Crippen molar-refractivity contribution in [3.63, 3.8) is 0 Å². The Morgan fingerprint density at radius 2 is 1.75 bits per heavy atom. The molecule has 0 spiro atoms. The van der Waals surface area contributed by atoms with Crippen LogP contribution in [-0.2, 0) is 19.4 Å². The van der Waals surface area contributed by atoms with E-state index in [2.05, 4.69) is 81.4 Å². The van der Waals surface area contributed by atoms with Crippen LogP contribution in [0.4, 0.5) is 11.4 Å². The number of nitrogens with one attached hydrogen (secondary N) is 3. The Labute approximate surface area is 189 Å². The summed E-state index contributed by atoms with van der Waals surface area (Å²) in [7, 11) is 0. The number of aliphatic hydroxyl groups excluding tert-OH is 1. The molecule has 0 bridgehead atoms. The molecule has 0 amide bonds. The number of aromatic amines is 1. The van der Waals surface area contributed by atoms with Gasteiger partial charge in [-0.25, -0.2) is 0 Å². The van der Waals surface area contributed by atoms with Crippen LogP contribution in [0.5, 0.6) is 0 Å². The van der Waals surface area contributed by atoms with E-state index in [0.717, 1.165) is 62.3 Å². The summed E-state index contributed by atoms with van der Waals surface area (Å²) in [5, 5.41) is 17.0. The fraction of sp³-hybridized carbons (Fsp3) is 0.296. The van der Waals surface area contributed by atoms with Crippen LogP contribution in [0.25, 0.3) is 10.9 Å². The highest BCUT2D eigenvalue weighted by Crippen LogP contribution is 2.21. The monoisotopic (exact) mass is 428 g/mol. The smallest absolute Gasteiger partial charge is 0.0562 e. The lowest BCUT2D eigenvalue weighted by Gasteiger charge is -2.10. The number of hydrogen-bond acceptors (Lipinski definition) is 4. The Hall–Kier alpha value is -3.15. The molecule has 0 aliphatic heterocycles. The van der Waals surface area contributed by atoms with Gasteiger partial charge in [-0.1, -0.05) is 30.3 Å². The normalized spacial score (nSPS) is 11.2. The molecule has 0 saturated carbocycles. The lowest BCUT2D eigenvalue weighted by atomic mass is 10.0. The zero-order valence-electron chi connectivity index (χ0n) is 18.5. The minimum atomic E-state index is 0.252. The number of H-pyrrole nitrogens is 1. The molecule has 5 heteroatoms. The minimum absolute atomic E-state index is 0.252. The highest BCUT2D eigenvalue weighted by Gasteiger charge is 2.04. The number of benzene rings is 2. The fourth-order valence-corrected chi connectivity index (χ4v) is 3.97. The fourth-order valence-electron chi connectivity index (χ4n) is 3.97. The van der Waals surface area contributed by atoms with Crippen molar-refractivity contribution in [2.24, 2.45) is 0 Å². The molecule has 166 valence electrons. The second-order valence-corrected chi connectivity index (χ2v) is 8.18. The van der Waals surface area contributed by atoms with Crippen molar-refractivity contribution in [2.45, 2.75) is 38.6 Å². The van der Waals surface area contributed by atoms with Gasteiger partial charge >= 0.3 is 0 Å². The van der Waals surface area contributed by atoms with Crippen molar-refractivity contribution in [1.82, 2.24) is 15.3 Å². The largest absolute Gasteiger partial charge is 0.396 e. The zero-order chi connectivity index (χ0) is 22.0. The van der Waals surface area contributed by atoms with Gasteiger partial charge in [0.2, 0.25) is 0 Å². The number of para-hydroxylation sites is 1. The molecule has 4 rings (SSSR count). The molecule has 0 saturated heterocycles. The van der Waals surface area contributed by atoms with Gasteiger partial charge in [0.15, 0.2) is 0 Å². The molecular weight excluding hydrogens is 396 g/mol. The van der Waals surface area contributed by atoms with Crippen molar-refractivity contribution < 1.29 is 5.11 Å². The number of anilines is 2. The first-order chi connectivity index (χ1) is 15.8. The molecule has 0 radical (unpaired) electrons. The standard InChI is InChI=1S/C27H32N4O/c32-17-4-3-15-28-20-25-18-24(14-16-29-25)31-23-12-10-21(11-13-23)6-5-7-22-19-30-27-9-2-1-8-26(22)27/h1-2,8-14,16,18-19,28,30,32H,3-7,15,17,20H2,(H,29,31). The lowest BCUT2D eigenvalue weighted by Crippen LogP contribution is -2.15. The summed E-state index contributed by atoms with van der Waals surface area (Å²) in [6.07, 6.45) is 9.08. The summed E-state index contributed by atoms with van der Waals surface area (Å²) in [6.45, 7) is 1.88. The minimum Gasteiger partial charge on any atom is -0.396 e. The Bertz CT molecular complexity index is 1100. The van der Waals surface area contributed by atoms with Crippen molar-refractivity contribution in [2.75, 3.05) is 18.5 Å². The van der Waals surface area contributed by atoms with Crippen LogP contribution in [0.1, 0.15) is 36.1 Å². The first-order valence-corrected chi connectivity index (χ1v) is 11.5. The molecule has 0 aliphatic rings. The van der Waals surface area contributed by atoms with E-state index in [0.29, 0.717) is 0 Å². The number of fused-ring (bicyclic) bond motifs is 1. The number of hydrogen-bond donors (Lipinski definition) is 4. The van der Waals surface area contributed by atoms with Gasteiger partial charge in [0.05, 0.1) is 5.69 Å². The summed E-state index contributed by atoms with van der Waals surface area (Å²) in [5.74, 6) is 0. The van der Waals surface area contributed by atoms with Gasteiger partial charge in [0.1, 0.15) is 0 Å². The van der Waals surface area contributed by atoms with Gasteiger partial charge in [-0.15, -0.1) is 0 Å². The summed E-state index contributed by atoms with van der Waals surface area (Å²) in [4.78, 5) is 7.80. The number of aliphatic hydroxyl groups is 1. The van der Waals surface area contributed by atoms with Crippen LogP contribution in [0.2, 0.25) is 0 Å². The van der Waals surface area contributed by atoms with E-state index in [1.807, 2.05) is 12.3 Å². The van der Waals surface area contributed by atoms with E-state index in [-0.39, 0.29) is 6.61 Å². The van der Waals surface area contributed by atoms with Crippen LogP contribution in [0.15, 0.2) is 73.1 Å². The predicted molar refractivity (Wildman–Crippen MR) is 132 cm³/mol. The van der Waals surface area contributed by atoms with Gasteiger partial charge in [-0.2, -0.15) is 0 Å². The number of aromatic nitrogens is 2. The Morgan fingerprint density at radius 3 is 2.62 bits per heavy atom. The number of rotatable bonds is 12. The third kappa shape index (κ3) is 6.19. The van der Waals surface area contributed by atoms with Gasteiger partial charge < -0.3 is 20.7 Å². The van der Waals surface area contributed by atoms with Gasteiger partial charge in [0.25, 0.3) is 0 Å². The molecule has 4 aromatic rings. The summed E-state index contributed by atoms with van der Waals surface area (Å²) >= 11 is 0. The van der Waals surface area contributed by atoms with E-state index in [4.69, 9.17) is 5.11 Å². The molecule has 0 fully saturated rings. The highest BCUT2D eigenvalue weighted by molar-refractivity contribution is 5.83. The number of nitrogens with zero attached hydrogens (tertiary/aromatic N) is 1. The van der Waals surface area contributed by atoms with Gasteiger partial charge in [-0.3, -0.25) is 4.98 Å². The maximum Gasteiger partial charge on any atom is 0.0562 e. The van der Waals surface area contributed by atoms with Crippen LogP contribution in [0.3, 0.4) is 0 Å². The topological polar surface area (TPSA) is 73.0 Å². The van der Waals surface area contributed by atoms with Crippen LogP contribution in [-0.4, -0.2) is 28.2 Å². The first kappa shape index (κ1) is 22.1. The molecule has 0 atom stereocenters. The second kappa shape index (κ2) is 11.5. The van der Waals surface area contributed by atoms with E-state index < -0.39 is 0 Å². The highest BCUT2D eigenvalue weighted by atomic mass is 16.2. The Morgan fingerprint density at radius 1 is 0.875 bits per heavy atom. The van der Waals surface area contributed by atoms with Crippen molar-refractivity contribution in [3.8, 4) is 0 Å². The molecule has 2 heterocycles. The van der Waals surface area contributed by atoms with Gasteiger partial charge in [0, 0.05) is 47.8 Å². The Balaban J connectivity index is 1.25. The van der Waals surface area contributed by atoms with Crippen molar-refractivity contribution >= 4 is 22.3 Å². The third-order valence-electron chi connectivity index (χ3n) is 5.71. The molecule has 2 aromatic carbocycles. The summed E-state index contributed by atoms with van der Waals surface area (Å²) in [6, 6.07) is 21.3. The second-order valence-electron chi connectivity index (χ2n) is 8.18. The molecule has 0 aliphatic carbocycles. The van der Waals surface area contributed by atoms with Crippen molar-refractivity contribution in [3.05, 3.63) is 89.9 Å². The Kier molecular flexibility index (Phi) is 7.90. The molecule has 2 aromatic heterocycles. The average Bonchev–Trinajstić information content (AvgIpc) is 3.24. The number of pyridine rings is 1. The molecule has 5 nitrogen and oxygen atoms in total. The first-order valence-electron chi connectivity index (χ1n) is 11.5. The van der Waals surface area contributed by atoms with Crippen LogP contribution in [0, 0.1) is 0 Å². The van der Waals surface area contributed by atoms with Crippen LogP contribution >= 0.6 is 0 Å². The van der Waals surface area contributed by atoms with Crippen molar-refractivity contribution in [1.29, 1.82) is 0 Å². The van der Waals surface area contributed by atoms with E-state index in [1.54, 1.807) is 0 Å². The van der Waals surface area contributed by atoms with Gasteiger partial charge in [-0.05, 0) is 80.1 Å². The molecule has 32 heavy (non-hydrogen) atoms. The maximum atomic E-state index is 8.84. The van der Waals surface area contributed by atoms with E-state index in [1.165, 1.54) is 22.0 Å². The van der Waals surface area contributed by atoms with E-state index in [9.17, 15) is 0 Å². The third-order valence-corrected chi connectivity index (χ3v) is 5.71. The predicted octanol–water partition coefficient (Wildman–Crippen LogP) is 5.34. The molecular formula is C27H32N4O. The average molecular weight is 429 g/mol. The SMILES string of the molecule is OCCCCNCc1cc(Nc2ccc(CCCc3c[nH]c4ccccc34)cc2)ccn1. The molecule has 4 N–H and O–H groups in total. The van der Waals surface area contributed by atoms with E-state index >= 15 is 0 Å². The van der Waals surface area contributed by atoms with Crippen LogP contribution < -0.4 is 10.6 Å². The molecule has 0 unspecified atom stereocenters. The summed E-state index contributed by atoms with van der Waals surface area (Å²) < 4.78 is 0. The number of unbranched alkanes of at least 4 members (excludes halogenated alkanes) is 1. The zero-order valence-corrected chi connectivity index (χ0v) is 18.5.